The molecule has 0 aliphatic carbocycles. The Labute approximate surface area is 102 Å². The SMILES string of the molecule is CC(C)c1nc(Br)cc(N(C)CC(F)F)n1. The Kier molecular flexibility index (Phi) is 4.58. The van der Waals surface area contributed by atoms with Crippen molar-refractivity contribution in [2.45, 2.75) is 26.2 Å². The number of nitrogens with zero attached hydrogens (tertiary/aromatic N) is 3. The second-order valence-corrected chi connectivity index (χ2v) is 4.65. The predicted octanol–water partition coefficient (Wildman–Crippen LogP) is 3.06. The van der Waals surface area contributed by atoms with E-state index in [1.807, 2.05) is 13.8 Å². The summed E-state index contributed by atoms with van der Waals surface area (Å²) in [6.07, 6.45) is -2.37. The monoisotopic (exact) mass is 293 g/mol. The van der Waals surface area contributed by atoms with E-state index in [2.05, 4.69) is 25.9 Å². The van der Waals surface area contributed by atoms with Gasteiger partial charge in [0.2, 0.25) is 0 Å². The highest BCUT2D eigenvalue weighted by molar-refractivity contribution is 9.10. The molecule has 0 spiro atoms. The van der Waals surface area contributed by atoms with Crippen LogP contribution in [0.25, 0.3) is 0 Å². The van der Waals surface area contributed by atoms with Crippen molar-refractivity contribution in [2.75, 3.05) is 18.5 Å². The predicted molar refractivity (Wildman–Crippen MR) is 63.1 cm³/mol. The Hall–Kier alpha value is -0.780. The van der Waals surface area contributed by atoms with Gasteiger partial charge in [-0.3, -0.25) is 0 Å². The third kappa shape index (κ3) is 3.66. The van der Waals surface area contributed by atoms with Crippen molar-refractivity contribution in [1.29, 1.82) is 0 Å². The quantitative estimate of drug-likeness (QED) is 0.799. The number of halogens is 3. The molecule has 3 nitrogen and oxygen atoms in total. The van der Waals surface area contributed by atoms with Crippen molar-refractivity contribution in [3.63, 3.8) is 0 Å². The highest BCUT2D eigenvalue weighted by atomic mass is 79.9. The molecule has 0 fully saturated rings. The van der Waals surface area contributed by atoms with Crippen LogP contribution in [0.1, 0.15) is 25.6 Å². The van der Waals surface area contributed by atoms with Crippen molar-refractivity contribution >= 4 is 21.7 Å². The maximum absolute atomic E-state index is 12.2. The Morgan fingerprint density at radius 1 is 1.38 bits per heavy atom. The average Bonchev–Trinajstić information content (AvgIpc) is 2.15. The third-order valence-corrected chi connectivity index (χ3v) is 2.42. The van der Waals surface area contributed by atoms with Crippen LogP contribution in [0.3, 0.4) is 0 Å². The van der Waals surface area contributed by atoms with Crippen molar-refractivity contribution in [2.24, 2.45) is 0 Å². The van der Waals surface area contributed by atoms with Gasteiger partial charge in [-0.1, -0.05) is 13.8 Å². The van der Waals surface area contributed by atoms with Crippen molar-refractivity contribution in [3.05, 3.63) is 16.5 Å². The van der Waals surface area contributed by atoms with E-state index in [0.717, 1.165) is 0 Å². The van der Waals surface area contributed by atoms with Crippen molar-refractivity contribution in [3.8, 4) is 0 Å². The topological polar surface area (TPSA) is 29.0 Å². The molecular weight excluding hydrogens is 280 g/mol. The minimum atomic E-state index is -2.37. The molecule has 90 valence electrons. The maximum atomic E-state index is 12.2. The molecule has 1 aromatic heterocycles. The van der Waals surface area contributed by atoms with Crippen LogP contribution in [0.2, 0.25) is 0 Å². The van der Waals surface area contributed by atoms with E-state index in [9.17, 15) is 8.78 Å². The molecule has 0 N–H and O–H groups in total. The van der Waals surface area contributed by atoms with Gasteiger partial charge in [0.05, 0.1) is 6.54 Å². The van der Waals surface area contributed by atoms with Crippen LogP contribution in [0.15, 0.2) is 10.7 Å². The fourth-order valence-electron chi connectivity index (χ4n) is 1.18. The molecular formula is C10H14BrF2N3. The molecule has 1 aromatic rings. The first-order chi connectivity index (χ1) is 7.40. The van der Waals surface area contributed by atoms with Crippen LogP contribution >= 0.6 is 15.9 Å². The Morgan fingerprint density at radius 3 is 2.50 bits per heavy atom. The van der Waals surface area contributed by atoms with Crippen LogP contribution in [-0.2, 0) is 0 Å². The van der Waals surface area contributed by atoms with Crippen LogP contribution in [0.4, 0.5) is 14.6 Å². The summed E-state index contributed by atoms with van der Waals surface area (Å²) in [5.74, 6) is 1.31. The van der Waals surface area contributed by atoms with E-state index in [1.165, 1.54) is 4.90 Å². The lowest BCUT2D eigenvalue weighted by atomic mass is 10.2. The number of hydrogen-bond donors (Lipinski definition) is 0. The Morgan fingerprint density at radius 2 is 2.00 bits per heavy atom. The van der Waals surface area contributed by atoms with E-state index in [1.54, 1.807) is 13.1 Å². The number of hydrogen-bond acceptors (Lipinski definition) is 3. The van der Waals surface area contributed by atoms with Crippen molar-refractivity contribution < 1.29 is 8.78 Å². The molecule has 1 heterocycles. The highest BCUT2D eigenvalue weighted by Crippen LogP contribution is 2.20. The van der Waals surface area contributed by atoms with Crippen LogP contribution in [0, 0.1) is 0 Å². The molecule has 0 atom stereocenters. The number of aromatic nitrogens is 2. The van der Waals surface area contributed by atoms with Crippen LogP contribution < -0.4 is 4.90 Å². The van der Waals surface area contributed by atoms with Gasteiger partial charge < -0.3 is 4.90 Å². The molecule has 6 heteroatoms. The summed E-state index contributed by atoms with van der Waals surface area (Å²) in [7, 11) is 1.59. The first-order valence-electron chi connectivity index (χ1n) is 4.94. The van der Waals surface area contributed by atoms with Gasteiger partial charge in [-0.15, -0.1) is 0 Å². The second kappa shape index (κ2) is 5.52. The molecule has 0 unspecified atom stereocenters. The number of anilines is 1. The first-order valence-corrected chi connectivity index (χ1v) is 5.73. The van der Waals surface area contributed by atoms with Crippen LogP contribution in [-0.4, -0.2) is 30.0 Å². The zero-order valence-electron chi connectivity index (χ0n) is 9.41. The lowest BCUT2D eigenvalue weighted by Crippen LogP contribution is -2.25. The molecule has 0 radical (unpaired) electrons. The Bertz CT molecular complexity index is 358. The summed E-state index contributed by atoms with van der Waals surface area (Å²) in [6.45, 7) is 3.58. The smallest absolute Gasteiger partial charge is 0.255 e. The molecule has 0 saturated heterocycles. The van der Waals surface area contributed by atoms with E-state index in [4.69, 9.17) is 0 Å². The van der Waals surface area contributed by atoms with Gasteiger partial charge in [0.25, 0.3) is 6.43 Å². The molecule has 0 aliphatic rings. The lowest BCUT2D eigenvalue weighted by Gasteiger charge is -2.18. The summed E-state index contributed by atoms with van der Waals surface area (Å²) < 4.78 is 25.1. The standard InChI is InChI=1S/C10H14BrF2N3/c1-6(2)10-14-7(11)4-9(15-10)16(3)5-8(12)13/h4,6,8H,5H2,1-3H3. The van der Waals surface area contributed by atoms with E-state index < -0.39 is 6.43 Å². The molecule has 0 bridgehead atoms. The fraction of sp³-hybridized carbons (Fsp3) is 0.600. The highest BCUT2D eigenvalue weighted by Gasteiger charge is 2.13. The third-order valence-electron chi connectivity index (χ3n) is 2.02. The van der Waals surface area contributed by atoms with E-state index >= 15 is 0 Å². The van der Waals surface area contributed by atoms with E-state index in [0.29, 0.717) is 16.2 Å². The zero-order chi connectivity index (χ0) is 12.3. The molecule has 1 rings (SSSR count). The number of rotatable bonds is 4. The average molecular weight is 294 g/mol. The molecule has 0 saturated carbocycles. The lowest BCUT2D eigenvalue weighted by molar-refractivity contribution is 0.156. The van der Waals surface area contributed by atoms with Crippen LogP contribution in [0.5, 0.6) is 0 Å². The largest absolute Gasteiger partial charge is 0.354 e. The van der Waals surface area contributed by atoms with Gasteiger partial charge in [0, 0.05) is 19.0 Å². The van der Waals surface area contributed by atoms with Crippen molar-refractivity contribution in [1.82, 2.24) is 9.97 Å². The summed E-state index contributed by atoms with van der Waals surface area (Å²) in [5, 5.41) is 0. The number of alkyl halides is 2. The maximum Gasteiger partial charge on any atom is 0.255 e. The Balaban J connectivity index is 2.95. The van der Waals surface area contributed by atoms with Gasteiger partial charge >= 0.3 is 0 Å². The second-order valence-electron chi connectivity index (χ2n) is 3.83. The molecule has 16 heavy (non-hydrogen) atoms. The summed E-state index contributed by atoms with van der Waals surface area (Å²) >= 11 is 3.25. The molecule has 0 aliphatic heterocycles. The van der Waals surface area contributed by atoms with Gasteiger partial charge in [0.15, 0.2) is 0 Å². The summed E-state index contributed by atoms with van der Waals surface area (Å²) in [6, 6.07) is 1.63. The first kappa shape index (κ1) is 13.3. The van der Waals surface area contributed by atoms with Gasteiger partial charge in [0.1, 0.15) is 16.2 Å². The fourth-order valence-corrected chi connectivity index (χ4v) is 1.56. The van der Waals surface area contributed by atoms with Gasteiger partial charge in [-0.05, 0) is 15.9 Å². The zero-order valence-corrected chi connectivity index (χ0v) is 11.0. The summed E-state index contributed by atoms with van der Waals surface area (Å²) in [5.41, 5.74) is 0. The molecule has 0 amide bonds. The van der Waals surface area contributed by atoms with Gasteiger partial charge in [-0.2, -0.15) is 0 Å². The minimum absolute atomic E-state index is 0.163. The van der Waals surface area contributed by atoms with E-state index in [-0.39, 0.29) is 12.5 Å². The summed E-state index contributed by atoms with van der Waals surface area (Å²) in [4.78, 5) is 9.84. The molecule has 0 aromatic carbocycles. The minimum Gasteiger partial charge on any atom is -0.354 e. The normalized spacial score (nSPS) is 11.2. The van der Waals surface area contributed by atoms with Gasteiger partial charge in [-0.25, -0.2) is 18.7 Å².